The van der Waals surface area contributed by atoms with Crippen molar-refractivity contribution in [1.82, 2.24) is 10.2 Å². The summed E-state index contributed by atoms with van der Waals surface area (Å²) >= 11 is 0. The van der Waals surface area contributed by atoms with Gasteiger partial charge < -0.3 is 10.1 Å². The minimum absolute atomic E-state index is 0.0412. The molecular weight excluding hydrogens is 260 g/mol. The third-order valence-corrected chi connectivity index (χ3v) is 2.67. The number of para-hydroxylation sites is 1. The first kappa shape index (κ1) is 13.9. The van der Waals surface area contributed by atoms with Crippen LogP contribution in [-0.4, -0.2) is 21.7 Å². The number of benzene rings is 1. The van der Waals surface area contributed by atoms with E-state index < -0.39 is 4.92 Å². The van der Waals surface area contributed by atoms with Crippen molar-refractivity contribution >= 4 is 11.4 Å². The average molecular weight is 276 g/mol. The van der Waals surface area contributed by atoms with Crippen molar-refractivity contribution in [2.24, 2.45) is 0 Å². The smallest absolute Gasteiger partial charge is 0.333 e. The Kier molecular flexibility index (Phi) is 4.54. The third kappa shape index (κ3) is 3.25. The Labute approximate surface area is 116 Å². The summed E-state index contributed by atoms with van der Waals surface area (Å²) < 4.78 is 5.42. The second kappa shape index (κ2) is 6.55. The molecule has 0 atom stereocenters. The zero-order valence-electron chi connectivity index (χ0n) is 11.1. The molecule has 0 aliphatic heterocycles. The fraction of sp³-hybridized carbons (Fsp3) is 0.308. The van der Waals surface area contributed by atoms with Gasteiger partial charge in [0.1, 0.15) is 5.69 Å². The number of aromatic amines is 1. The quantitative estimate of drug-likeness (QED) is 0.599. The number of ether oxygens (including phenoxy) is 1. The lowest BCUT2D eigenvalue weighted by atomic mass is 10.2. The van der Waals surface area contributed by atoms with Crippen LogP contribution in [0.3, 0.4) is 0 Å². The van der Waals surface area contributed by atoms with Crippen molar-refractivity contribution in [3.8, 4) is 5.75 Å². The van der Waals surface area contributed by atoms with Gasteiger partial charge in [0.05, 0.1) is 23.8 Å². The Morgan fingerprint density at radius 2 is 2.30 bits per heavy atom. The summed E-state index contributed by atoms with van der Waals surface area (Å²) in [4.78, 5) is 10.8. The highest BCUT2D eigenvalue weighted by atomic mass is 16.6. The first-order valence-corrected chi connectivity index (χ1v) is 6.34. The fourth-order valence-electron chi connectivity index (χ4n) is 1.76. The van der Waals surface area contributed by atoms with Crippen LogP contribution >= 0.6 is 0 Å². The van der Waals surface area contributed by atoms with Crippen LogP contribution < -0.4 is 10.1 Å². The van der Waals surface area contributed by atoms with E-state index in [0.29, 0.717) is 18.8 Å². The van der Waals surface area contributed by atoms with Crippen molar-refractivity contribution in [3.63, 3.8) is 0 Å². The molecule has 0 aliphatic carbocycles. The molecule has 1 aromatic carbocycles. The van der Waals surface area contributed by atoms with E-state index in [9.17, 15) is 10.1 Å². The Balaban J connectivity index is 2.20. The van der Waals surface area contributed by atoms with Crippen molar-refractivity contribution < 1.29 is 9.66 Å². The minimum atomic E-state index is -0.430. The molecule has 2 N–H and O–H groups in total. The second-order valence-electron chi connectivity index (χ2n) is 4.19. The Morgan fingerprint density at radius 3 is 2.95 bits per heavy atom. The van der Waals surface area contributed by atoms with Gasteiger partial charge in [-0.05, 0) is 24.6 Å². The first-order chi connectivity index (χ1) is 9.72. The lowest BCUT2D eigenvalue weighted by Crippen LogP contribution is -2.05. The highest BCUT2D eigenvalue weighted by molar-refractivity contribution is 5.68. The minimum Gasteiger partial charge on any atom is -0.487 e. The number of rotatable bonds is 7. The average Bonchev–Trinajstić information content (AvgIpc) is 2.95. The normalized spacial score (nSPS) is 10.2. The summed E-state index contributed by atoms with van der Waals surface area (Å²) in [6, 6.07) is 6.80. The number of H-pyrrole nitrogens is 1. The lowest BCUT2D eigenvalue weighted by Gasteiger charge is -2.10. The standard InChI is InChI=1S/C13H16N4O3/c1-2-8-20-12-5-3-4-11(13(12)17(18)19)14-9-10-6-7-15-16-10/h3-7,14H,2,8-9H2,1H3,(H,15,16). The molecule has 106 valence electrons. The number of hydrogen-bond acceptors (Lipinski definition) is 5. The molecule has 1 heterocycles. The molecule has 0 amide bonds. The predicted octanol–water partition coefficient (Wildman–Crippen LogP) is 2.72. The van der Waals surface area contributed by atoms with Gasteiger partial charge in [-0.3, -0.25) is 15.2 Å². The maximum atomic E-state index is 11.2. The largest absolute Gasteiger partial charge is 0.487 e. The molecule has 20 heavy (non-hydrogen) atoms. The van der Waals surface area contributed by atoms with E-state index in [4.69, 9.17) is 4.74 Å². The Morgan fingerprint density at radius 1 is 1.45 bits per heavy atom. The van der Waals surface area contributed by atoms with Gasteiger partial charge in [0.15, 0.2) is 5.75 Å². The van der Waals surface area contributed by atoms with Crippen LogP contribution in [0.5, 0.6) is 5.75 Å². The van der Waals surface area contributed by atoms with E-state index in [1.54, 1.807) is 30.5 Å². The number of nitro benzene ring substituents is 1. The monoisotopic (exact) mass is 276 g/mol. The molecule has 0 unspecified atom stereocenters. The van der Waals surface area contributed by atoms with Gasteiger partial charge in [-0.15, -0.1) is 0 Å². The van der Waals surface area contributed by atoms with Crippen LogP contribution in [0.1, 0.15) is 19.0 Å². The van der Waals surface area contributed by atoms with Crippen LogP contribution in [-0.2, 0) is 6.54 Å². The maximum Gasteiger partial charge on any atom is 0.333 e. The van der Waals surface area contributed by atoms with Gasteiger partial charge in [-0.1, -0.05) is 13.0 Å². The van der Waals surface area contributed by atoms with Crippen LogP contribution in [0, 0.1) is 10.1 Å². The van der Waals surface area contributed by atoms with E-state index in [2.05, 4.69) is 15.5 Å². The zero-order valence-corrected chi connectivity index (χ0v) is 11.1. The molecule has 0 radical (unpaired) electrons. The number of hydrogen-bond donors (Lipinski definition) is 2. The highest BCUT2D eigenvalue weighted by Crippen LogP contribution is 2.35. The summed E-state index contributed by atoms with van der Waals surface area (Å²) in [6.45, 7) is 2.83. The van der Waals surface area contributed by atoms with Crippen molar-refractivity contribution in [1.29, 1.82) is 0 Å². The van der Waals surface area contributed by atoms with Gasteiger partial charge in [0.25, 0.3) is 0 Å². The Bertz CT molecular complexity index is 569. The van der Waals surface area contributed by atoms with Gasteiger partial charge >= 0.3 is 5.69 Å². The number of nitrogens with one attached hydrogen (secondary N) is 2. The second-order valence-corrected chi connectivity index (χ2v) is 4.19. The SMILES string of the molecule is CCCOc1cccc(NCc2ccn[nH]2)c1[N+](=O)[O-]. The molecule has 0 spiro atoms. The highest BCUT2D eigenvalue weighted by Gasteiger charge is 2.20. The number of nitrogens with zero attached hydrogens (tertiary/aromatic N) is 2. The molecule has 0 fully saturated rings. The molecule has 2 aromatic rings. The fourth-order valence-corrected chi connectivity index (χ4v) is 1.76. The summed E-state index contributed by atoms with van der Waals surface area (Å²) in [5.74, 6) is 0.284. The van der Waals surface area contributed by atoms with E-state index >= 15 is 0 Å². The topological polar surface area (TPSA) is 93.1 Å². The molecular formula is C13H16N4O3. The van der Waals surface area contributed by atoms with Gasteiger partial charge in [0, 0.05) is 6.20 Å². The van der Waals surface area contributed by atoms with Crippen LogP contribution in [0.15, 0.2) is 30.5 Å². The predicted molar refractivity (Wildman–Crippen MR) is 74.8 cm³/mol. The number of anilines is 1. The maximum absolute atomic E-state index is 11.2. The molecule has 0 saturated carbocycles. The molecule has 7 heteroatoms. The van der Waals surface area contributed by atoms with Gasteiger partial charge in [-0.2, -0.15) is 5.10 Å². The number of nitro groups is 1. The van der Waals surface area contributed by atoms with E-state index in [1.165, 1.54) is 0 Å². The molecule has 7 nitrogen and oxygen atoms in total. The molecule has 2 rings (SSSR count). The van der Waals surface area contributed by atoms with Crippen LogP contribution in [0.4, 0.5) is 11.4 Å². The summed E-state index contributed by atoms with van der Waals surface area (Å²) in [5.41, 5.74) is 1.23. The molecule has 0 bridgehead atoms. The summed E-state index contributed by atoms with van der Waals surface area (Å²) in [7, 11) is 0. The summed E-state index contributed by atoms with van der Waals surface area (Å²) in [5, 5.41) is 20.9. The van der Waals surface area contributed by atoms with Gasteiger partial charge in [-0.25, -0.2) is 0 Å². The first-order valence-electron chi connectivity index (χ1n) is 6.34. The molecule has 1 aromatic heterocycles. The van der Waals surface area contributed by atoms with Crippen LogP contribution in [0.2, 0.25) is 0 Å². The van der Waals surface area contributed by atoms with E-state index in [-0.39, 0.29) is 11.4 Å². The van der Waals surface area contributed by atoms with Crippen molar-refractivity contribution in [2.45, 2.75) is 19.9 Å². The van der Waals surface area contributed by atoms with Crippen molar-refractivity contribution in [2.75, 3.05) is 11.9 Å². The van der Waals surface area contributed by atoms with Crippen LogP contribution in [0.25, 0.3) is 0 Å². The van der Waals surface area contributed by atoms with E-state index in [0.717, 1.165) is 12.1 Å². The lowest BCUT2D eigenvalue weighted by molar-refractivity contribution is -0.385. The van der Waals surface area contributed by atoms with E-state index in [1.807, 2.05) is 6.92 Å². The van der Waals surface area contributed by atoms with Crippen molar-refractivity contribution in [3.05, 3.63) is 46.3 Å². The third-order valence-electron chi connectivity index (χ3n) is 2.67. The molecule has 0 saturated heterocycles. The van der Waals surface area contributed by atoms with Gasteiger partial charge in [0.2, 0.25) is 0 Å². The zero-order chi connectivity index (χ0) is 14.4. The summed E-state index contributed by atoms with van der Waals surface area (Å²) in [6.07, 6.45) is 2.43. The molecule has 0 aliphatic rings. The number of aromatic nitrogens is 2. The Hall–Kier alpha value is -2.57.